The van der Waals surface area contributed by atoms with Gasteiger partial charge in [-0.2, -0.15) is 0 Å². The molecular weight excluding hydrogens is 973 g/mol. The lowest BCUT2D eigenvalue weighted by Crippen LogP contribution is -2.30. The Labute approximate surface area is 495 Å². The Hall–Kier alpha value is -1.59. The Kier molecular flexibility index (Phi) is 67.5. The van der Waals surface area contributed by atoms with Gasteiger partial charge in [-0.25, -0.2) is 0 Å². The highest BCUT2D eigenvalue weighted by molar-refractivity contribution is 5.71. The molecule has 0 aliphatic heterocycles. The molecule has 0 radical (unpaired) electrons. The van der Waals surface area contributed by atoms with Crippen molar-refractivity contribution in [2.75, 3.05) is 13.2 Å². The number of ether oxygens (including phenoxy) is 3. The maximum absolute atomic E-state index is 12.9. The van der Waals surface area contributed by atoms with E-state index in [1.165, 1.54) is 334 Å². The molecule has 0 bridgehead atoms. The summed E-state index contributed by atoms with van der Waals surface area (Å²) in [5.41, 5.74) is 0. The quantitative estimate of drug-likeness (QED) is 0.0343. The van der Waals surface area contributed by atoms with E-state index in [0.717, 1.165) is 57.8 Å². The molecule has 470 valence electrons. The first-order valence-corrected chi connectivity index (χ1v) is 36.5. The number of carbonyl (C=O) groups is 3. The second-order valence-corrected chi connectivity index (χ2v) is 25.2. The van der Waals surface area contributed by atoms with Crippen molar-refractivity contribution < 1.29 is 28.6 Å². The third-order valence-corrected chi connectivity index (χ3v) is 17.1. The summed E-state index contributed by atoms with van der Waals surface area (Å²) in [5.74, 6) is -0.826. The highest BCUT2D eigenvalue weighted by Crippen LogP contribution is 2.20. The van der Waals surface area contributed by atoms with Gasteiger partial charge in [0.1, 0.15) is 13.2 Å². The molecule has 0 aliphatic rings. The van der Waals surface area contributed by atoms with Crippen LogP contribution in [0, 0.1) is 0 Å². The molecule has 1 unspecified atom stereocenters. The lowest BCUT2D eigenvalue weighted by molar-refractivity contribution is -0.167. The Morgan fingerprint density at radius 2 is 0.342 bits per heavy atom. The monoisotopic (exact) mass is 1120 g/mol. The molecule has 0 aliphatic carbocycles. The minimum atomic E-state index is -0.762. The van der Waals surface area contributed by atoms with Gasteiger partial charge in [-0.1, -0.05) is 393 Å². The normalized spacial score (nSPS) is 11.9. The Morgan fingerprint density at radius 3 is 0.506 bits per heavy atom. The summed E-state index contributed by atoms with van der Waals surface area (Å²) >= 11 is 0. The highest BCUT2D eigenvalue weighted by atomic mass is 16.6. The lowest BCUT2D eigenvalue weighted by atomic mass is 10.0. The third kappa shape index (κ3) is 67.1. The molecule has 0 amide bonds. The van der Waals surface area contributed by atoms with Gasteiger partial charge in [0.2, 0.25) is 0 Å². The summed E-state index contributed by atoms with van der Waals surface area (Å²) in [5, 5.41) is 0. The minimum absolute atomic E-state index is 0.0607. The number of hydrogen-bond acceptors (Lipinski definition) is 6. The lowest BCUT2D eigenvalue weighted by Gasteiger charge is -2.18. The first-order chi connectivity index (χ1) is 39.0. The van der Waals surface area contributed by atoms with E-state index in [1.807, 2.05) is 0 Å². The molecule has 6 heteroatoms. The van der Waals surface area contributed by atoms with Gasteiger partial charge >= 0.3 is 17.9 Å². The molecule has 0 heterocycles. The van der Waals surface area contributed by atoms with Crippen molar-refractivity contribution in [3.8, 4) is 0 Å². The maximum Gasteiger partial charge on any atom is 0.306 e. The van der Waals surface area contributed by atoms with Crippen LogP contribution in [0.1, 0.15) is 432 Å². The summed E-state index contributed by atoms with van der Waals surface area (Å²) in [7, 11) is 0. The van der Waals surface area contributed by atoms with Gasteiger partial charge in [-0.15, -0.1) is 0 Å². The standard InChI is InChI=1S/C73H142O6/c1-4-7-10-13-16-19-22-24-26-27-28-29-30-31-32-33-34-35-36-37-38-39-40-41-42-43-44-45-47-48-51-54-57-60-63-66-72(75)78-69-70(68-77-71(74)65-62-59-56-53-50-21-18-15-12-9-6-3)79-73(76)67-64-61-58-55-52-49-46-25-23-20-17-14-11-8-5-2/h70H,4-69H2,1-3H3. The molecule has 1 atom stereocenters. The molecule has 0 aromatic carbocycles. The van der Waals surface area contributed by atoms with Crippen LogP contribution in [0.2, 0.25) is 0 Å². The van der Waals surface area contributed by atoms with Crippen LogP contribution in [-0.4, -0.2) is 37.2 Å². The van der Waals surface area contributed by atoms with Crippen molar-refractivity contribution in [3.63, 3.8) is 0 Å². The molecule has 79 heavy (non-hydrogen) atoms. The first-order valence-electron chi connectivity index (χ1n) is 36.5. The second-order valence-electron chi connectivity index (χ2n) is 25.2. The molecule has 0 N–H and O–H groups in total. The van der Waals surface area contributed by atoms with E-state index in [9.17, 15) is 14.4 Å². The van der Waals surface area contributed by atoms with Crippen LogP contribution in [0.4, 0.5) is 0 Å². The van der Waals surface area contributed by atoms with Crippen molar-refractivity contribution in [3.05, 3.63) is 0 Å². The Bertz CT molecular complexity index is 1190. The number of hydrogen-bond donors (Lipinski definition) is 0. The Morgan fingerprint density at radius 1 is 0.203 bits per heavy atom. The number of rotatable bonds is 69. The smallest absolute Gasteiger partial charge is 0.306 e. The van der Waals surface area contributed by atoms with E-state index in [0.29, 0.717) is 19.3 Å². The molecule has 0 fully saturated rings. The van der Waals surface area contributed by atoms with Gasteiger partial charge < -0.3 is 14.2 Å². The summed E-state index contributed by atoms with van der Waals surface area (Å²) in [6.45, 7) is 6.72. The summed E-state index contributed by atoms with van der Waals surface area (Å²) < 4.78 is 17.0. The minimum Gasteiger partial charge on any atom is -0.462 e. The van der Waals surface area contributed by atoms with Gasteiger partial charge in [-0.05, 0) is 19.3 Å². The van der Waals surface area contributed by atoms with Crippen LogP contribution in [0.3, 0.4) is 0 Å². The molecule has 0 saturated carbocycles. The molecule has 0 spiro atoms. The summed E-state index contributed by atoms with van der Waals surface area (Å²) in [6.07, 6.45) is 81.7. The summed E-state index contributed by atoms with van der Waals surface area (Å²) in [4.78, 5) is 38.3. The fourth-order valence-electron chi connectivity index (χ4n) is 11.6. The predicted octanol–water partition coefficient (Wildman–Crippen LogP) is 25.0. The van der Waals surface area contributed by atoms with E-state index in [2.05, 4.69) is 20.8 Å². The topological polar surface area (TPSA) is 78.9 Å². The number of esters is 3. The van der Waals surface area contributed by atoms with Gasteiger partial charge in [0.05, 0.1) is 0 Å². The number of unbranched alkanes of at least 4 members (excludes halogenated alkanes) is 58. The zero-order valence-electron chi connectivity index (χ0n) is 54.2. The number of carbonyl (C=O) groups excluding carboxylic acids is 3. The Balaban J connectivity index is 3.96. The highest BCUT2D eigenvalue weighted by Gasteiger charge is 2.20. The van der Waals surface area contributed by atoms with E-state index in [4.69, 9.17) is 14.2 Å². The molecule has 0 aromatic rings. The molecule has 0 saturated heterocycles. The van der Waals surface area contributed by atoms with E-state index in [-0.39, 0.29) is 31.1 Å². The second kappa shape index (κ2) is 68.9. The van der Waals surface area contributed by atoms with E-state index < -0.39 is 6.10 Å². The van der Waals surface area contributed by atoms with Crippen molar-refractivity contribution in [2.45, 2.75) is 438 Å². The average molecular weight is 1120 g/mol. The largest absolute Gasteiger partial charge is 0.462 e. The zero-order chi connectivity index (χ0) is 57.1. The molecule has 6 nitrogen and oxygen atoms in total. The van der Waals surface area contributed by atoms with Crippen molar-refractivity contribution >= 4 is 17.9 Å². The van der Waals surface area contributed by atoms with Crippen molar-refractivity contribution in [1.82, 2.24) is 0 Å². The van der Waals surface area contributed by atoms with Crippen LogP contribution in [-0.2, 0) is 28.6 Å². The maximum atomic E-state index is 12.9. The average Bonchev–Trinajstić information content (AvgIpc) is 3.45. The van der Waals surface area contributed by atoms with Gasteiger partial charge in [0.25, 0.3) is 0 Å². The van der Waals surface area contributed by atoms with E-state index in [1.54, 1.807) is 0 Å². The summed E-state index contributed by atoms with van der Waals surface area (Å²) in [6, 6.07) is 0. The van der Waals surface area contributed by atoms with Crippen LogP contribution in [0.25, 0.3) is 0 Å². The van der Waals surface area contributed by atoms with Gasteiger partial charge in [-0.3, -0.25) is 14.4 Å². The molecular formula is C73H142O6. The van der Waals surface area contributed by atoms with Gasteiger partial charge in [0.15, 0.2) is 6.10 Å². The SMILES string of the molecule is CCCCCCCCCCCCCCCCCCCCCCCCCCCCCCCCCCCCCC(=O)OCC(COC(=O)CCCCCCCCCCCCC)OC(=O)CCCCCCCCCCCCCCCCC. The molecule has 0 rings (SSSR count). The van der Waals surface area contributed by atoms with Gasteiger partial charge in [0, 0.05) is 19.3 Å². The molecule has 0 aromatic heterocycles. The first kappa shape index (κ1) is 77.4. The van der Waals surface area contributed by atoms with Crippen LogP contribution >= 0.6 is 0 Å². The van der Waals surface area contributed by atoms with Crippen molar-refractivity contribution in [1.29, 1.82) is 0 Å². The zero-order valence-corrected chi connectivity index (χ0v) is 54.2. The fraction of sp³-hybridized carbons (Fsp3) is 0.959. The van der Waals surface area contributed by atoms with Crippen LogP contribution < -0.4 is 0 Å². The van der Waals surface area contributed by atoms with E-state index >= 15 is 0 Å². The third-order valence-electron chi connectivity index (χ3n) is 17.1. The van der Waals surface area contributed by atoms with Crippen LogP contribution in [0.5, 0.6) is 0 Å². The fourth-order valence-corrected chi connectivity index (χ4v) is 11.6. The van der Waals surface area contributed by atoms with Crippen molar-refractivity contribution in [2.24, 2.45) is 0 Å². The van der Waals surface area contributed by atoms with Crippen LogP contribution in [0.15, 0.2) is 0 Å². The predicted molar refractivity (Wildman–Crippen MR) is 344 cm³/mol.